The number of aryl methyl sites for hydroxylation is 1. The fraction of sp³-hybridized carbons (Fsp3) is 0.120. The van der Waals surface area contributed by atoms with Crippen molar-refractivity contribution in [1.82, 2.24) is 4.98 Å². The van der Waals surface area contributed by atoms with Gasteiger partial charge in [-0.05, 0) is 49.2 Å². The van der Waals surface area contributed by atoms with Gasteiger partial charge in [0.15, 0.2) is 0 Å². The third kappa shape index (κ3) is 4.61. The number of ether oxygens (including phenoxy) is 1. The molecule has 1 aromatic heterocycles. The molecule has 0 spiro atoms. The first kappa shape index (κ1) is 19.1. The molecular weight excluding hydrogens is 376 g/mol. The van der Waals surface area contributed by atoms with E-state index in [4.69, 9.17) is 9.72 Å². The minimum atomic E-state index is 0.663. The highest BCUT2D eigenvalue weighted by molar-refractivity contribution is 7.19. The molecule has 0 amide bonds. The van der Waals surface area contributed by atoms with E-state index >= 15 is 0 Å². The lowest BCUT2D eigenvalue weighted by Gasteiger charge is -2.03. The molecular formula is C25H22N2OS. The van der Waals surface area contributed by atoms with E-state index in [2.05, 4.69) is 60.4 Å². The van der Waals surface area contributed by atoms with Gasteiger partial charge in [0.1, 0.15) is 5.75 Å². The number of thiazole rings is 1. The summed E-state index contributed by atoms with van der Waals surface area (Å²) in [4.78, 5) is 10.6. The van der Waals surface area contributed by atoms with Crippen LogP contribution in [0.25, 0.3) is 21.7 Å². The summed E-state index contributed by atoms with van der Waals surface area (Å²) in [5.41, 5.74) is 5.48. The molecule has 0 bridgehead atoms. The molecule has 0 unspecified atom stereocenters. The molecule has 0 aliphatic heterocycles. The molecule has 0 radical (unpaired) electrons. The van der Waals surface area contributed by atoms with Gasteiger partial charge in [-0.25, -0.2) is 9.98 Å². The third-order valence-electron chi connectivity index (χ3n) is 4.49. The molecule has 1 heterocycles. The molecule has 4 heteroatoms. The maximum atomic E-state index is 5.49. The first-order valence-electron chi connectivity index (χ1n) is 9.63. The third-order valence-corrected chi connectivity index (χ3v) is 5.50. The van der Waals surface area contributed by atoms with E-state index in [0.29, 0.717) is 6.61 Å². The number of benzene rings is 3. The summed E-state index contributed by atoms with van der Waals surface area (Å²) in [5, 5.41) is 0.744. The van der Waals surface area contributed by atoms with Crippen molar-refractivity contribution in [3.8, 4) is 27.4 Å². The molecule has 4 aromatic rings. The summed E-state index contributed by atoms with van der Waals surface area (Å²) in [7, 11) is 0. The van der Waals surface area contributed by atoms with Crippen molar-refractivity contribution >= 4 is 22.7 Å². The number of rotatable bonds is 6. The number of aromatic nitrogens is 1. The summed E-state index contributed by atoms with van der Waals surface area (Å²) in [6.07, 6.45) is 1.85. The zero-order valence-corrected chi connectivity index (χ0v) is 17.3. The average molecular weight is 399 g/mol. The fourth-order valence-electron chi connectivity index (χ4n) is 3.00. The Morgan fingerprint density at radius 3 is 2.31 bits per heavy atom. The van der Waals surface area contributed by atoms with E-state index < -0.39 is 0 Å². The fourth-order valence-corrected chi connectivity index (χ4v) is 3.94. The molecule has 0 atom stereocenters. The van der Waals surface area contributed by atoms with Crippen LogP contribution in [0.1, 0.15) is 18.1 Å². The van der Waals surface area contributed by atoms with Crippen LogP contribution >= 0.6 is 11.3 Å². The summed E-state index contributed by atoms with van der Waals surface area (Å²) in [6.45, 7) is 4.74. The lowest BCUT2D eigenvalue weighted by atomic mass is 10.1. The molecule has 0 saturated heterocycles. The SMILES string of the molecule is CCOc1ccc(C=Nc2nc(-c3ccc(C)cc3)c(-c3ccccc3)s2)cc1. The van der Waals surface area contributed by atoms with E-state index in [-0.39, 0.29) is 0 Å². The van der Waals surface area contributed by atoms with Crippen LogP contribution in [0.15, 0.2) is 83.9 Å². The van der Waals surface area contributed by atoms with E-state index in [1.54, 1.807) is 11.3 Å². The second-order valence-corrected chi connectivity index (χ2v) is 7.64. The van der Waals surface area contributed by atoms with Gasteiger partial charge >= 0.3 is 0 Å². The van der Waals surface area contributed by atoms with Crippen LogP contribution in [0, 0.1) is 6.92 Å². The number of nitrogens with zero attached hydrogens (tertiary/aromatic N) is 2. The topological polar surface area (TPSA) is 34.5 Å². The van der Waals surface area contributed by atoms with E-state index in [0.717, 1.165) is 38.1 Å². The summed E-state index contributed by atoms with van der Waals surface area (Å²) >= 11 is 1.61. The van der Waals surface area contributed by atoms with Crippen LogP contribution in [-0.4, -0.2) is 17.8 Å². The molecule has 0 aliphatic rings. The maximum absolute atomic E-state index is 5.49. The van der Waals surface area contributed by atoms with E-state index in [1.807, 2.05) is 43.5 Å². The van der Waals surface area contributed by atoms with Crippen molar-refractivity contribution in [3.05, 3.63) is 90.0 Å². The molecule has 29 heavy (non-hydrogen) atoms. The van der Waals surface area contributed by atoms with Gasteiger partial charge < -0.3 is 4.74 Å². The summed E-state index contributed by atoms with van der Waals surface area (Å²) < 4.78 is 5.49. The summed E-state index contributed by atoms with van der Waals surface area (Å²) in [5.74, 6) is 0.868. The van der Waals surface area contributed by atoms with Crippen molar-refractivity contribution in [2.75, 3.05) is 6.61 Å². The standard InChI is InChI=1S/C25H22N2OS/c1-3-28-22-15-11-19(12-16-22)17-26-25-27-23(20-13-9-18(2)10-14-20)24(29-25)21-7-5-4-6-8-21/h4-17H,3H2,1-2H3. The Hall–Kier alpha value is -3.24. The van der Waals surface area contributed by atoms with E-state index in [1.165, 1.54) is 5.56 Å². The highest BCUT2D eigenvalue weighted by Gasteiger charge is 2.14. The smallest absolute Gasteiger partial charge is 0.210 e. The van der Waals surface area contributed by atoms with Crippen molar-refractivity contribution in [2.45, 2.75) is 13.8 Å². The van der Waals surface area contributed by atoms with Crippen LogP contribution in [0.3, 0.4) is 0 Å². The summed E-state index contributed by atoms with van der Waals surface area (Å²) in [6, 6.07) is 26.8. The molecule has 0 saturated carbocycles. The Kier molecular flexibility index (Phi) is 5.82. The quantitative estimate of drug-likeness (QED) is 0.330. The first-order chi connectivity index (χ1) is 14.2. The predicted octanol–water partition coefficient (Wildman–Crippen LogP) is 6.93. The number of hydrogen-bond donors (Lipinski definition) is 0. The largest absolute Gasteiger partial charge is 0.494 e. The van der Waals surface area contributed by atoms with Gasteiger partial charge in [-0.3, -0.25) is 0 Å². The van der Waals surface area contributed by atoms with Crippen molar-refractivity contribution in [1.29, 1.82) is 0 Å². The zero-order chi connectivity index (χ0) is 20.1. The monoisotopic (exact) mass is 398 g/mol. The van der Waals surface area contributed by atoms with Gasteiger partial charge in [0.25, 0.3) is 0 Å². The van der Waals surface area contributed by atoms with E-state index in [9.17, 15) is 0 Å². The zero-order valence-electron chi connectivity index (χ0n) is 16.5. The Morgan fingerprint density at radius 2 is 1.62 bits per heavy atom. The van der Waals surface area contributed by atoms with Crippen LogP contribution < -0.4 is 4.74 Å². The minimum Gasteiger partial charge on any atom is -0.494 e. The van der Waals surface area contributed by atoms with Gasteiger partial charge in [-0.2, -0.15) is 0 Å². The molecule has 0 fully saturated rings. The Balaban J connectivity index is 1.68. The second-order valence-electron chi connectivity index (χ2n) is 6.67. The first-order valence-corrected chi connectivity index (χ1v) is 10.4. The number of aliphatic imine (C=N–C) groups is 1. The Bertz CT molecular complexity index is 1100. The van der Waals surface area contributed by atoms with Gasteiger partial charge in [0.2, 0.25) is 5.13 Å². The second kappa shape index (κ2) is 8.84. The van der Waals surface area contributed by atoms with Crippen molar-refractivity contribution in [3.63, 3.8) is 0 Å². The van der Waals surface area contributed by atoms with Gasteiger partial charge in [0, 0.05) is 11.8 Å². The minimum absolute atomic E-state index is 0.663. The lowest BCUT2D eigenvalue weighted by molar-refractivity contribution is 0.340. The van der Waals surface area contributed by atoms with Crippen LogP contribution in [-0.2, 0) is 0 Å². The average Bonchev–Trinajstić information content (AvgIpc) is 3.19. The highest BCUT2D eigenvalue weighted by Crippen LogP contribution is 2.40. The Morgan fingerprint density at radius 1 is 0.897 bits per heavy atom. The molecule has 4 rings (SSSR count). The predicted molar refractivity (Wildman–Crippen MR) is 123 cm³/mol. The van der Waals surface area contributed by atoms with Crippen molar-refractivity contribution < 1.29 is 4.74 Å². The molecule has 3 aromatic carbocycles. The number of hydrogen-bond acceptors (Lipinski definition) is 4. The molecule has 0 N–H and O–H groups in total. The van der Waals surface area contributed by atoms with Crippen LogP contribution in [0.4, 0.5) is 5.13 Å². The Labute approximate surface area is 175 Å². The maximum Gasteiger partial charge on any atom is 0.210 e. The molecule has 144 valence electrons. The van der Waals surface area contributed by atoms with Crippen LogP contribution in [0.5, 0.6) is 5.75 Å². The van der Waals surface area contributed by atoms with Crippen LogP contribution in [0.2, 0.25) is 0 Å². The molecule has 3 nitrogen and oxygen atoms in total. The lowest BCUT2D eigenvalue weighted by Crippen LogP contribution is -1.91. The molecule has 0 aliphatic carbocycles. The normalized spacial score (nSPS) is 11.1. The van der Waals surface area contributed by atoms with Gasteiger partial charge in [0.05, 0.1) is 17.2 Å². The van der Waals surface area contributed by atoms with Gasteiger partial charge in [-0.15, -0.1) is 0 Å². The van der Waals surface area contributed by atoms with Gasteiger partial charge in [-0.1, -0.05) is 71.5 Å². The highest BCUT2D eigenvalue weighted by atomic mass is 32.1. The van der Waals surface area contributed by atoms with Crippen molar-refractivity contribution in [2.24, 2.45) is 4.99 Å².